The first-order chi connectivity index (χ1) is 14.5. The molecule has 4 aliphatic carbocycles. The quantitative estimate of drug-likeness (QED) is 0.641. The predicted octanol–water partition coefficient (Wildman–Crippen LogP) is 5.18. The van der Waals surface area contributed by atoms with E-state index in [2.05, 4.69) is 6.07 Å². The summed E-state index contributed by atoms with van der Waals surface area (Å²) in [5, 5.41) is 0. The SMILES string of the molecule is COc1ccc(CS(=O)OC(=O)c2ccccc2)cc1C12CC3CC(CC(C3)C1)C2. The van der Waals surface area contributed by atoms with Crippen molar-refractivity contribution in [3.05, 3.63) is 65.2 Å². The third kappa shape index (κ3) is 3.68. The largest absolute Gasteiger partial charge is 0.496 e. The lowest BCUT2D eigenvalue weighted by molar-refractivity contribution is -0.00618. The first-order valence-electron chi connectivity index (χ1n) is 10.9. The van der Waals surface area contributed by atoms with Gasteiger partial charge in [0.05, 0.1) is 18.4 Å². The number of benzene rings is 2. The highest BCUT2D eigenvalue weighted by molar-refractivity contribution is 7.79. The molecule has 1 atom stereocenters. The fraction of sp³-hybridized carbons (Fsp3) is 0.480. The van der Waals surface area contributed by atoms with Crippen molar-refractivity contribution in [1.29, 1.82) is 0 Å². The Morgan fingerprint density at radius 2 is 1.63 bits per heavy atom. The highest BCUT2D eigenvalue weighted by atomic mass is 32.2. The van der Waals surface area contributed by atoms with Crippen LogP contribution < -0.4 is 4.74 Å². The maximum atomic E-state index is 12.5. The van der Waals surface area contributed by atoms with Gasteiger partial charge in [-0.05, 0) is 85.5 Å². The van der Waals surface area contributed by atoms with Crippen LogP contribution in [0.5, 0.6) is 5.75 Å². The molecule has 30 heavy (non-hydrogen) atoms. The third-order valence-electron chi connectivity index (χ3n) is 7.34. The van der Waals surface area contributed by atoms with Crippen LogP contribution in [-0.2, 0) is 26.4 Å². The Labute approximate surface area is 180 Å². The summed E-state index contributed by atoms with van der Waals surface area (Å²) in [6, 6.07) is 14.8. The highest BCUT2D eigenvalue weighted by Crippen LogP contribution is 2.61. The number of hydrogen-bond acceptors (Lipinski definition) is 4. The van der Waals surface area contributed by atoms with E-state index in [4.69, 9.17) is 8.92 Å². The van der Waals surface area contributed by atoms with E-state index in [0.29, 0.717) is 5.56 Å². The van der Waals surface area contributed by atoms with Gasteiger partial charge in [-0.3, -0.25) is 0 Å². The summed E-state index contributed by atoms with van der Waals surface area (Å²) < 4.78 is 23.5. The second-order valence-electron chi connectivity index (χ2n) is 9.42. The van der Waals surface area contributed by atoms with Crippen LogP contribution in [0.3, 0.4) is 0 Å². The molecular formula is C25H28O4S. The van der Waals surface area contributed by atoms with Crippen molar-refractivity contribution in [2.75, 3.05) is 7.11 Å². The summed E-state index contributed by atoms with van der Waals surface area (Å²) in [6.45, 7) is 0. The van der Waals surface area contributed by atoms with Crippen LogP contribution in [0.1, 0.15) is 60.0 Å². The number of carbonyl (C=O) groups is 1. The summed E-state index contributed by atoms with van der Waals surface area (Å²) in [7, 11) is 1.73. The van der Waals surface area contributed by atoms with Crippen LogP contribution in [0.25, 0.3) is 0 Å². The molecule has 158 valence electrons. The van der Waals surface area contributed by atoms with Crippen molar-refractivity contribution in [2.45, 2.75) is 49.7 Å². The first-order valence-corrected chi connectivity index (χ1v) is 12.1. The van der Waals surface area contributed by atoms with Gasteiger partial charge in [0.1, 0.15) is 5.75 Å². The van der Waals surface area contributed by atoms with Gasteiger partial charge in [-0.25, -0.2) is 9.00 Å². The van der Waals surface area contributed by atoms with Gasteiger partial charge in [0, 0.05) is 5.56 Å². The molecule has 4 aliphatic rings. The highest BCUT2D eigenvalue weighted by Gasteiger charge is 2.52. The van der Waals surface area contributed by atoms with Crippen molar-refractivity contribution in [2.24, 2.45) is 17.8 Å². The van der Waals surface area contributed by atoms with E-state index in [1.165, 1.54) is 44.1 Å². The smallest absolute Gasteiger partial charge is 0.352 e. The molecular weight excluding hydrogens is 396 g/mol. The van der Waals surface area contributed by atoms with E-state index in [-0.39, 0.29) is 11.2 Å². The zero-order chi connectivity index (χ0) is 20.7. The predicted molar refractivity (Wildman–Crippen MR) is 117 cm³/mol. The molecule has 6 rings (SSSR count). The first kappa shape index (κ1) is 19.8. The molecule has 0 amide bonds. The van der Waals surface area contributed by atoms with Gasteiger partial charge in [0.2, 0.25) is 11.1 Å². The second-order valence-corrected chi connectivity index (χ2v) is 10.5. The Kier molecular flexibility index (Phi) is 5.18. The minimum Gasteiger partial charge on any atom is -0.496 e. The lowest BCUT2D eigenvalue weighted by Gasteiger charge is -2.57. The number of ether oxygens (including phenoxy) is 1. The molecule has 0 saturated heterocycles. The van der Waals surface area contributed by atoms with Gasteiger partial charge in [-0.2, -0.15) is 0 Å². The molecule has 0 N–H and O–H groups in total. The molecule has 0 aliphatic heterocycles. The van der Waals surface area contributed by atoms with Gasteiger partial charge < -0.3 is 8.92 Å². The minimum atomic E-state index is -1.72. The second kappa shape index (κ2) is 7.84. The van der Waals surface area contributed by atoms with Crippen LogP contribution in [0.15, 0.2) is 48.5 Å². The van der Waals surface area contributed by atoms with E-state index in [0.717, 1.165) is 29.1 Å². The van der Waals surface area contributed by atoms with Gasteiger partial charge >= 0.3 is 5.97 Å². The molecule has 5 heteroatoms. The van der Waals surface area contributed by atoms with Crippen LogP contribution in [0.2, 0.25) is 0 Å². The Balaban J connectivity index is 1.36. The van der Waals surface area contributed by atoms with Gasteiger partial charge in [-0.15, -0.1) is 0 Å². The van der Waals surface area contributed by atoms with Crippen LogP contribution in [0.4, 0.5) is 0 Å². The summed E-state index contributed by atoms with van der Waals surface area (Å²) in [6.07, 6.45) is 7.89. The molecule has 0 spiro atoms. The molecule has 4 bridgehead atoms. The van der Waals surface area contributed by atoms with E-state index in [1.54, 1.807) is 31.4 Å². The normalized spacial score (nSPS) is 30.1. The average Bonchev–Trinajstić information content (AvgIpc) is 2.73. The molecule has 4 nitrogen and oxygen atoms in total. The zero-order valence-electron chi connectivity index (χ0n) is 17.3. The van der Waals surface area contributed by atoms with Gasteiger partial charge in [0.15, 0.2) is 0 Å². The summed E-state index contributed by atoms with van der Waals surface area (Å²) >= 11 is -1.72. The molecule has 0 aromatic heterocycles. The molecule has 2 aromatic carbocycles. The van der Waals surface area contributed by atoms with Crippen molar-refractivity contribution in [3.8, 4) is 5.75 Å². The van der Waals surface area contributed by atoms with E-state index in [9.17, 15) is 9.00 Å². The van der Waals surface area contributed by atoms with Crippen molar-refractivity contribution in [1.82, 2.24) is 0 Å². The van der Waals surface area contributed by atoms with Crippen LogP contribution in [0, 0.1) is 17.8 Å². The molecule has 2 aromatic rings. The molecule has 1 unspecified atom stereocenters. The standard InChI is InChI=1S/C25H28O4S/c1-28-23-8-7-17(16-30(27)29-24(26)21-5-3-2-4-6-21)12-22(23)25-13-18-9-19(14-25)11-20(10-18)15-25/h2-8,12,18-20H,9-11,13-16H2,1H3. The van der Waals surface area contributed by atoms with Crippen molar-refractivity contribution in [3.63, 3.8) is 0 Å². The summed E-state index contributed by atoms with van der Waals surface area (Å²) in [5.74, 6) is 3.10. The molecule has 0 radical (unpaired) electrons. The lowest BCUT2D eigenvalue weighted by atomic mass is 9.48. The van der Waals surface area contributed by atoms with Gasteiger partial charge in [-0.1, -0.05) is 30.3 Å². The van der Waals surface area contributed by atoms with Crippen molar-refractivity contribution < 1.29 is 17.9 Å². The molecule has 0 heterocycles. The number of carbonyl (C=O) groups excluding carboxylic acids is 1. The Morgan fingerprint density at radius 3 is 2.23 bits per heavy atom. The van der Waals surface area contributed by atoms with E-state index >= 15 is 0 Å². The topological polar surface area (TPSA) is 52.6 Å². The maximum Gasteiger partial charge on any atom is 0.352 e. The monoisotopic (exact) mass is 424 g/mol. The number of rotatable bonds is 6. The zero-order valence-corrected chi connectivity index (χ0v) is 18.2. The third-order valence-corrected chi connectivity index (χ3v) is 8.24. The number of hydrogen-bond donors (Lipinski definition) is 0. The maximum absolute atomic E-state index is 12.5. The fourth-order valence-electron chi connectivity index (χ4n) is 6.57. The Morgan fingerprint density at radius 1 is 1.00 bits per heavy atom. The average molecular weight is 425 g/mol. The Hall–Kier alpha value is -2.14. The van der Waals surface area contributed by atoms with Crippen LogP contribution >= 0.6 is 0 Å². The number of methoxy groups -OCH3 is 1. The lowest BCUT2D eigenvalue weighted by Crippen LogP contribution is -2.48. The van der Waals surface area contributed by atoms with Gasteiger partial charge in [0.25, 0.3) is 0 Å². The van der Waals surface area contributed by atoms with E-state index < -0.39 is 17.0 Å². The Bertz CT molecular complexity index is 933. The fourth-order valence-corrected chi connectivity index (χ4v) is 7.35. The van der Waals surface area contributed by atoms with Crippen LogP contribution in [-0.4, -0.2) is 17.3 Å². The summed E-state index contributed by atoms with van der Waals surface area (Å²) in [4.78, 5) is 12.2. The molecule has 4 saturated carbocycles. The van der Waals surface area contributed by atoms with E-state index in [1.807, 2.05) is 18.2 Å². The van der Waals surface area contributed by atoms with Crippen molar-refractivity contribution >= 4 is 17.0 Å². The minimum absolute atomic E-state index is 0.193. The molecule has 4 fully saturated rings. The summed E-state index contributed by atoms with van der Waals surface area (Å²) in [5.41, 5.74) is 2.81.